The third-order valence-electron chi connectivity index (χ3n) is 1.86. The number of hydrogen-bond donors (Lipinski definition) is 2. The molecule has 2 atom stereocenters. The largest absolute Gasteiger partial charge is 0.495 e. The molecule has 13 heavy (non-hydrogen) atoms. The third-order valence-corrected chi connectivity index (χ3v) is 1.86. The van der Waals surface area contributed by atoms with E-state index in [0.29, 0.717) is 11.4 Å². The van der Waals surface area contributed by atoms with Crippen LogP contribution in [-0.4, -0.2) is 23.3 Å². The number of ether oxygens (including phenoxy) is 1. The number of aliphatic hydroxyl groups is 1. The van der Waals surface area contributed by atoms with Crippen molar-refractivity contribution in [3.05, 3.63) is 24.0 Å². The zero-order chi connectivity index (χ0) is 9.84. The lowest BCUT2D eigenvalue weighted by molar-refractivity contribution is 0.160. The predicted octanol–water partition coefficient (Wildman–Crippen LogP) is 0.471. The van der Waals surface area contributed by atoms with Crippen LogP contribution in [0.2, 0.25) is 0 Å². The van der Waals surface area contributed by atoms with Gasteiger partial charge in [0.2, 0.25) is 0 Å². The molecule has 0 amide bonds. The summed E-state index contributed by atoms with van der Waals surface area (Å²) in [6.45, 7) is 1.62. The Labute approximate surface area is 77.4 Å². The standard InChI is InChI=1S/C9H14N2O2/c1-6(12)8(10)9-7(13-2)4-3-5-11-9/h3-6,8,12H,10H2,1-2H3/t6-,8-/m0/s1. The lowest BCUT2D eigenvalue weighted by Crippen LogP contribution is -2.24. The average molecular weight is 182 g/mol. The van der Waals surface area contributed by atoms with E-state index in [-0.39, 0.29) is 0 Å². The van der Waals surface area contributed by atoms with E-state index in [2.05, 4.69) is 4.98 Å². The van der Waals surface area contributed by atoms with Crippen LogP contribution < -0.4 is 10.5 Å². The number of rotatable bonds is 3. The molecule has 1 rings (SSSR count). The Hall–Kier alpha value is -1.13. The summed E-state index contributed by atoms with van der Waals surface area (Å²) in [5, 5.41) is 9.27. The van der Waals surface area contributed by atoms with Gasteiger partial charge in [-0.25, -0.2) is 0 Å². The lowest BCUT2D eigenvalue weighted by atomic mass is 10.1. The summed E-state index contributed by atoms with van der Waals surface area (Å²) < 4.78 is 5.06. The number of nitrogens with zero attached hydrogens (tertiary/aromatic N) is 1. The molecule has 0 aliphatic rings. The van der Waals surface area contributed by atoms with Gasteiger partial charge < -0.3 is 15.6 Å². The van der Waals surface area contributed by atoms with Gasteiger partial charge in [-0.3, -0.25) is 4.98 Å². The normalized spacial score (nSPS) is 15.1. The summed E-state index contributed by atoms with van der Waals surface area (Å²) in [6, 6.07) is 3.03. The minimum Gasteiger partial charge on any atom is -0.495 e. The Kier molecular flexibility index (Phi) is 3.22. The van der Waals surface area contributed by atoms with Gasteiger partial charge in [0, 0.05) is 6.20 Å². The highest BCUT2D eigenvalue weighted by molar-refractivity contribution is 5.29. The smallest absolute Gasteiger partial charge is 0.142 e. The van der Waals surface area contributed by atoms with Crippen molar-refractivity contribution in [2.24, 2.45) is 5.73 Å². The number of hydrogen-bond acceptors (Lipinski definition) is 4. The van der Waals surface area contributed by atoms with Crippen molar-refractivity contribution in [3.8, 4) is 5.75 Å². The van der Waals surface area contributed by atoms with Crippen molar-refractivity contribution in [2.45, 2.75) is 19.1 Å². The van der Waals surface area contributed by atoms with Gasteiger partial charge in [0.1, 0.15) is 11.4 Å². The van der Waals surface area contributed by atoms with Crippen molar-refractivity contribution in [1.29, 1.82) is 0 Å². The van der Waals surface area contributed by atoms with Gasteiger partial charge in [-0.1, -0.05) is 0 Å². The first-order valence-corrected chi connectivity index (χ1v) is 4.09. The second kappa shape index (κ2) is 4.20. The van der Waals surface area contributed by atoms with Crippen LogP contribution in [0.3, 0.4) is 0 Å². The Balaban J connectivity index is 2.98. The highest BCUT2D eigenvalue weighted by atomic mass is 16.5. The fourth-order valence-corrected chi connectivity index (χ4v) is 1.05. The zero-order valence-corrected chi connectivity index (χ0v) is 7.77. The molecule has 1 aromatic rings. The molecule has 0 saturated carbocycles. The Morgan fingerprint density at radius 2 is 2.31 bits per heavy atom. The maximum atomic E-state index is 9.27. The van der Waals surface area contributed by atoms with Crippen molar-refractivity contribution in [2.75, 3.05) is 7.11 Å². The van der Waals surface area contributed by atoms with Crippen molar-refractivity contribution in [1.82, 2.24) is 4.98 Å². The molecule has 0 spiro atoms. The first kappa shape index (κ1) is 9.95. The van der Waals surface area contributed by atoms with Crippen LogP contribution in [0, 0.1) is 0 Å². The number of aromatic nitrogens is 1. The van der Waals surface area contributed by atoms with E-state index >= 15 is 0 Å². The van der Waals surface area contributed by atoms with E-state index in [4.69, 9.17) is 10.5 Å². The van der Waals surface area contributed by atoms with E-state index < -0.39 is 12.1 Å². The fourth-order valence-electron chi connectivity index (χ4n) is 1.05. The van der Waals surface area contributed by atoms with Crippen molar-refractivity contribution in [3.63, 3.8) is 0 Å². The van der Waals surface area contributed by atoms with Gasteiger partial charge in [-0.15, -0.1) is 0 Å². The molecule has 1 aromatic heterocycles. The third kappa shape index (κ3) is 2.17. The quantitative estimate of drug-likeness (QED) is 0.713. The molecule has 0 aliphatic heterocycles. The van der Waals surface area contributed by atoms with Crippen LogP contribution in [0.15, 0.2) is 18.3 Å². The molecule has 3 N–H and O–H groups in total. The van der Waals surface area contributed by atoms with Gasteiger partial charge in [-0.2, -0.15) is 0 Å². The van der Waals surface area contributed by atoms with Crippen LogP contribution in [-0.2, 0) is 0 Å². The predicted molar refractivity (Wildman–Crippen MR) is 49.4 cm³/mol. The molecule has 72 valence electrons. The Bertz CT molecular complexity index is 276. The molecule has 0 unspecified atom stereocenters. The van der Waals surface area contributed by atoms with E-state index in [0.717, 1.165) is 0 Å². The summed E-state index contributed by atoms with van der Waals surface area (Å²) in [7, 11) is 1.55. The van der Waals surface area contributed by atoms with E-state index in [9.17, 15) is 5.11 Å². The molecule has 0 saturated heterocycles. The minimum absolute atomic E-state index is 0.504. The zero-order valence-electron chi connectivity index (χ0n) is 7.77. The van der Waals surface area contributed by atoms with Crippen molar-refractivity contribution < 1.29 is 9.84 Å². The van der Waals surface area contributed by atoms with Crippen molar-refractivity contribution >= 4 is 0 Å². The number of aliphatic hydroxyl groups excluding tert-OH is 1. The average Bonchev–Trinajstić information content (AvgIpc) is 2.16. The molecular weight excluding hydrogens is 168 g/mol. The second-order valence-corrected chi connectivity index (χ2v) is 2.86. The molecule has 4 nitrogen and oxygen atoms in total. The van der Waals surface area contributed by atoms with Crippen LogP contribution in [0.1, 0.15) is 18.7 Å². The minimum atomic E-state index is -0.635. The summed E-state index contributed by atoms with van der Waals surface area (Å²) >= 11 is 0. The van der Waals surface area contributed by atoms with Gasteiger partial charge in [-0.05, 0) is 19.1 Å². The molecule has 0 aliphatic carbocycles. The molecule has 0 fully saturated rings. The summed E-state index contributed by atoms with van der Waals surface area (Å²) in [4.78, 5) is 4.06. The monoisotopic (exact) mass is 182 g/mol. The SMILES string of the molecule is COc1cccnc1[C@@H](N)[C@H](C)O. The first-order valence-electron chi connectivity index (χ1n) is 4.09. The van der Waals surface area contributed by atoms with Crippen LogP contribution in [0.4, 0.5) is 0 Å². The first-order chi connectivity index (χ1) is 6.16. The highest BCUT2D eigenvalue weighted by Crippen LogP contribution is 2.22. The summed E-state index contributed by atoms with van der Waals surface area (Å²) in [5.41, 5.74) is 6.31. The molecule has 1 heterocycles. The lowest BCUT2D eigenvalue weighted by Gasteiger charge is -2.16. The van der Waals surface area contributed by atoms with Gasteiger partial charge in [0.05, 0.1) is 19.3 Å². The van der Waals surface area contributed by atoms with Crippen LogP contribution in [0.25, 0.3) is 0 Å². The highest BCUT2D eigenvalue weighted by Gasteiger charge is 2.17. The fraction of sp³-hybridized carbons (Fsp3) is 0.444. The molecule has 0 bridgehead atoms. The number of pyridine rings is 1. The Morgan fingerprint density at radius 3 is 2.85 bits per heavy atom. The molecular formula is C9H14N2O2. The van der Waals surface area contributed by atoms with E-state index in [1.165, 1.54) is 0 Å². The van der Waals surface area contributed by atoms with Gasteiger partial charge in [0.15, 0.2) is 0 Å². The maximum Gasteiger partial charge on any atom is 0.142 e. The van der Waals surface area contributed by atoms with Crippen LogP contribution >= 0.6 is 0 Å². The van der Waals surface area contributed by atoms with Crippen LogP contribution in [0.5, 0.6) is 5.75 Å². The topological polar surface area (TPSA) is 68.4 Å². The summed E-state index contributed by atoms with van der Waals surface area (Å²) in [6.07, 6.45) is 0.990. The van der Waals surface area contributed by atoms with Gasteiger partial charge in [0.25, 0.3) is 0 Å². The van der Waals surface area contributed by atoms with E-state index in [1.54, 1.807) is 32.4 Å². The Morgan fingerprint density at radius 1 is 1.62 bits per heavy atom. The van der Waals surface area contributed by atoms with Gasteiger partial charge >= 0.3 is 0 Å². The van der Waals surface area contributed by atoms with E-state index in [1.807, 2.05) is 0 Å². The maximum absolute atomic E-state index is 9.27. The second-order valence-electron chi connectivity index (χ2n) is 2.86. The number of methoxy groups -OCH3 is 1. The summed E-state index contributed by atoms with van der Waals surface area (Å²) in [5.74, 6) is 0.607. The molecule has 4 heteroatoms. The molecule has 0 radical (unpaired) electrons. The number of nitrogens with two attached hydrogens (primary N) is 1. The molecule has 0 aromatic carbocycles.